The van der Waals surface area contributed by atoms with Gasteiger partial charge in [-0.25, -0.2) is 0 Å². The van der Waals surface area contributed by atoms with Crippen LogP contribution in [0.15, 0.2) is 72.2 Å². The maximum Gasteiger partial charge on any atom is 0.255 e. The van der Waals surface area contributed by atoms with Crippen molar-refractivity contribution in [3.63, 3.8) is 0 Å². The van der Waals surface area contributed by atoms with Crippen LogP contribution in [0.4, 0.5) is 0 Å². The van der Waals surface area contributed by atoms with E-state index in [0.717, 1.165) is 21.8 Å². The molecule has 0 bridgehead atoms. The summed E-state index contributed by atoms with van der Waals surface area (Å²) in [5, 5.41) is 9.84. The summed E-state index contributed by atoms with van der Waals surface area (Å²) in [7, 11) is 0. The minimum absolute atomic E-state index is 0.157. The third kappa shape index (κ3) is 4.24. The molecule has 0 aliphatic carbocycles. The summed E-state index contributed by atoms with van der Waals surface area (Å²) >= 11 is 1.57. The van der Waals surface area contributed by atoms with Crippen molar-refractivity contribution in [3.8, 4) is 22.1 Å². The molecule has 0 fully saturated rings. The average Bonchev–Trinajstić information content (AvgIpc) is 3.49. The number of thiophene rings is 1. The first-order valence-electron chi connectivity index (χ1n) is 10.5. The normalized spacial score (nSPS) is 13.5. The fourth-order valence-electron chi connectivity index (χ4n) is 3.72. The van der Waals surface area contributed by atoms with Crippen LogP contribution in [0.25, 0.3) is 10.6 Å². The Labute approximate surface area is 190 Å². The predicted molar refractivity (Wildman–Crippen MR) is 124 cm³/mol. The van der Waals surface area contributed by atoms with Gasteiger partial charge in [-0.1, -0.05) is 42.5 Å². The molecule has 0 saturated heterocycles. The quantitative estimate of drug-likeness (QED) is 0.457. The second-order valence-corrected chi connectivity index (χ2v) is 8.60. The minimum atomic E-state index is -0.202. The molecule has 1 amide bonds. The van der Waals surface area contributed by atoms with Gasteiger partial charge in [-0.05, 0) is 41.6 Å². The molecule has 1 aliphatic heterocycles. The van der Waals surface area contributed by atoms with E-state index in [1.807, 2.05) is 71.7 Å². The first-order chi connectivity index (χ1) is 15.7. The second-order valence-electron chi connectivity index (χ2n) is 7.65. The Kier molecular flexibility index (Phi) is 5.64. The largest absolute Gasteiger partial charge is 0.486 e. The molecular weight excluding hydrogens is 422 g/mol. The Balaban J connectivity index is 1.39. The lowest BCUT2D eigenvalue weighted by Crippen LogP contribution is -2.27. The first-order valence-corrected chi connectivity index (χ1v) is 11.4. The number of nitrogens with zero attached hydrogens (tertiary/aromatic N) is 2. The van der Waals surface area contributed by atoms with Crippen LogP contribution in [0.1, 0.15) is 34.5 Å². The van der Waals surface area contributed by atoms with Crippen LogP contribution in [-0.2, 0) is 6.54 Å². The van der Waals surface area contributed by atoms with E-state index in [1.54, 1.807) is 11.3 Å². The molecule has 0 radical (unpaired) electrons. The topological polar surface area (TPSA) is 65.4 Å². The maximum atomic E-state index is 13.3. The number of aromatic nitrogens is 2. The van der Waals surface area contributed by atoms with Gasteiger partial charge in [0.25, 0.3) is 5.91 Å². The van der Waals surface area contributed by atoms with Gasteiger partial charge in [0.1, 0.15) is 18.9 Å². The zero-order valence-corrected chi connectivity index (χ0v) is 18.5. The second kappa shape index (κ2) is 8.88. The molecule has 2 aromatic carbocycles. The predicted octanol–water partition coefficient (Wildman–Crippen LogP) is 4.92. The van der Waals surface area contributed by atoms with E-state index in [4.69, 9.17) is 14.6 Å². The van der Waals surface area contributed by atoms with Crippen LogP contribution in [0, 0.1) is 0 Å². The summed E-state index contributed by atoms with van der Waals surface area (Å²) in [6.45, 7) is 3.64. The fraction of sp³-hybridized carbons (Fsp3) is 0.200. The van der Waals surface area contributed by atoms with Gasteiger partial charge in [-0.3, -0.25) is 9.48 Å². The van der Waals surface area contributed by atoms with Crippen molar-refractivity contribution < 1.29 is 14.3 Å². The Morgan fingerprint density at radius 1 is 1.09 bits per heavy atom. The number of nitrogens with one attached hydrogen (secondary N) is 1. The van der Waals surface area contributed by atoms with Crippen LogP contribution in [0.3, 0.4) is 0 Å². The SMILES string of the molecule is C[C@H](NC(=O)c1cn(Cc2ccccc2)nc1-c1cccs1)c1ccc2c(c1)OCCO2. The lowest BCUT2D eigenvalue weighted by molar-refractivity contribution is 0.0940. The third-order valence-electron chi connectivity index (χ3n) is 5.36. The molecule has 5 rings (SSSR count). The Morgan fingerprint density at radius 2 is 1.91 bits per heavy atom. The summed E-state index contributed by atoms with van der Waals surface area (Å²) in [5.41, 5.74) is 3.34. The average molecular weight is 446 g/mol. The number of rotatable bonds is 6. The van der Waals surface area contributed by atoms with Gasteiger partial charge in [-0.15, -0.1) is 11.3 Å². The van der Waals surface area contributed by atoms with Gasteiger partial charge < -0.3 is 14.8 Å². The molecule has 1 N–H and O–H groups in total. The molecule has 3 heterocycles. The number of ether oxygens (including phenoxy) is 2. The molecule has 6 nitrogen and oxygen atoms in total. The number of fused-ring (bicyclic) bond motifs is 1. The molecule has 0 unspecified atom stereocenters. The van der Waals surface area contributed by atoms with Crippen LogP contribution in [0.2, 0.25) is 0 Å². The zero-order valence-electron chi connectivity index (χ0n) is 17.7. The molecule has 4 aromatic rings. The summed E-state index contributed by atoms with van der Waals surface area (Å²) < 4.78 is 13.1. The highest BCUT2D eigenvalue weighted by atomic mass is 32.1. The Morgan fingerprint density at radius 3 is 2.69 bits per heavy atom. The molecular formula is C25H23N3O3S. The summed E-state index contributed by atoms with van der Waals surface area (Å²) in [4.78, 5) is 14.2. The van der Waals surface area contributed by atoms with Crippen molar-refractivity contribution in [3.05, 3.63) is 88.9 Å². The highest BCUT2D eigenvalue weighted by molar-refractivity contribution is 7.13. The van der Waals surface area contributed by atoms with Gasteiger partial charge in [0.05, 0.1) is 23.0 Å². The highest BCUT2D eigenvalue weighted by Gasteiger charge is 2.22. The molecule has 162 valence electrons. The van der Waals surface area contributed by atoms with Crippen molar-refractivity contribution >= 4 is 17.2 Å². The van der Waals surface area contributed by atoms with Crippen molar-refractivity contribution in [2.75, 3.05) is 13.2 Å². The van der Waals surface area contributed by atoms with E-state index < -0.39 is 0 Å². The molecule has 0 saturated carbocycles. The molecule has 2 aromatic heterocycles. The lowest BCUT2D eigenvalue weighted by Gasteiger charge is -2.21. The zero-order chi connectivity index (χ0) is 21.9. The van der Waals surface area contributed by atoms with Crippen LogP contribution in [-0.4, -0.2) is 28.9 Å². The number of hydrogen-bond acceptors (Lipinski definition) is 5. The van der Waals surface area contributed by atoms with Crippen molar-refractivity contribution in [2.24, 2.45) is 0 Å². The van der Waals surface area contributed by atoms with E-state index >= 15 is 0 Å². The molecule has 1 aliphatic rings. The lowest BCUT2D eigenvalue weighted by atomic mass is 10.1. The number of benzene rings is 2. The van der Waals surface area contributed by atoms with Crippen LogP contribution < -0.4 is 14.8 Å². The van der Waals surface area contributed by atoms with E-state index in [-0.39, 0.29) is 11.9 Å². The molecule has 0 spiro atoms. The highest BCUT2D eigenvalue weighted by Crippen LogP contribution is 2.33. The number of hydrogen-bond donors (Lipinski definition) is 1. The molecule has 7 heteroatoms. The van der Waals surface area contributed by atoms with Crippen molar-refractivity contribution in [1.82, 2.24) is 15.1 Å². The van der Waals surface area contributed by atoms with Crippen LogP contribution in [0.5, 0.6) is 11.5 Å². The molecule has 1 atom stereocenters. The number of carbonyl (C=O) groups excluding carboxylic acids is 1. The fourth-order valence-corrected chi connectivity index (χ4v) is 4.44. The monoisotopic (exact) mass is 445 g/mol. The van der Waals surface area contributed by atoms with Gasteiger partial charge in [-0.2, -0.15) is 5.10 Å². The van der Waals surface area contributed by atoms with E-state index in [2.05, 4.69) is 17.4 Å². The van der Waals surface area contributed by atoms with Crippen molar-refractivity contribution in [2.45, 2.75) is 19.5 Å². The van der Waals surface area contributed by atoms with Gasteiger partial charge in [0, 0.05) is 6.20 Å². The van der Waals surface area contributed by atoms with Crippen LogP contribution >= 0.6 is 11.3 Å². The van der Waals surface area contributed by atoms with Gasteiger partial charge in [0.2, 0.25) is 0 Å². The Bertz CT molecular complexity index is 1220. The van der Waals surface area contributed by atoms with E-state index in [9.17, 15) is 4.79 Å². The van der Waals surface area contributed by atoms with E-state index in [1.165, 1.54) is 0 Å². The standard InChI is InChI=1S/C25H23N3O3S/c1-17(19-9-10-21-22(14-19)31-12-11-30-21)26-25(29)20-16-28(15-18-6-3-2-4-7-18)27-24(20)23-8-5-13-32-23/h2-10,13-14,16-17H,11-12,15H2,1H3,(H,26,29)/t17-/m0/s1. The van der Waals surface area contributed by atoms with Crippen molar-refractivity contribution in [1.29, 1.82) is 0 Å². The number of amides is 1. The summed E-state index contributed by atoms with van der Waals surface area (Å²) in [6.07, 6.45) is 1.83. The Hall–Kier alpha value is -3.58. The third-order valence-corrected chi connectivity index (χ3v) is 6.24. The number of carbonyl (C=O) groups is 1. The summed E-state index contributed by atoms with van der Waals surface area (Å²) in [6, 6.07) is 19.6. The van der Waals surface area contributed by atoms with Gasteiger partial charge in [0.15, 0.2) is 11.5 Å². The molecule has 32 heavy (non-hydrogen) atoms. The summed E-state index contributed by atoms with van der Waals surface area (Å²) in [5.74, 6) is 1.29. The van der Waals surface area contributed by atoms with E-state index in [0.29, 0.717) is 36.8 Å². The maximum absolute atomic E-state index is 13.3. The minimum Gasteiger partial charge on any atom is -0.486 e. The first kappa shape index (κ1) is 20.3. The van der Waals surface area contributed by atoms with Gasteiger partial charge >= 0.3 is 0 Å². The smallest absolute Gasteiger partial charge is 0.255 e.